The highest BCUT2D eigenvalue weighted by Crippen LogP contribution is 2.28. The lowest BCUT2D eigenvalue weighted by molar-refractivity contribution is 0.181. The van der Waals surface area contributed by atoms with Crippen molar-refractivity contribution < 1.29 is 17.9 Å². The number of halogens is 2. The molecule has 0 radical (unpaired) electrons. The van der Waals surface area contributed by atoms with Crippen LogP contribution in [0, 0.1) is 0 Å². The Kier molecular flexibility index (Phi) is 4.58. The molecular weight excluding hydrogens is 375 g/mol. The number of amides is 1. The molecule has 0 unspecified atom stereocenters. The van der Waals surface area contributed by atoms with Gasteiger partial charge in [-0.3, -0.25) is 9.62 Å². The maximum absolute atomic E-state index is 12.5. The highest BCUT2D eigenvalue weighted by molar-refractivity contribution is 7.92. The van der Waals surface area contributed by atoms with Crippen LogP contribution in [-0.2, 0) is 14.8 Å². The molecule has 1 aliphatic rings. The number of rotatable bonds is 4. The van der Waals surface area contributed by atoms with Crippen LogP contribution in [0.2, 0.25) is 10.0 Å². The molecule has 1 N–H and O–H groups in total. The summed E-state index contributed by atoms with van der Waals surface area (Å²) in [6.45, 7) is 0.710. The van der Waals surface area contributed by atoms with E-state index in [9.17, 15) is 13.2 Å². The van der Waals surface area contributed by atoms with Gasteiger partial charge in [0.05, 0.1) is 17.3 Å². The van der Waals surface area contributed by atoms with E-state index >= 15 is 0 Å². The van der Waals surface area contributed by atoms with Crippen molar-refractivity contribution in [2.24, 2.45) is 0 Å². The Balaban J connectivity index is 1.90. The van der Waals surface area contributed by atoms with Crippen LogP contribution in [0.1, 0.15) is 0 Å². The average Bonchev–Trinajstić information content (AvgIpc) is 2.95. The molecule has 0 aliphatic carbocycles. The Labute approximate surface area is 149 Å². The van der Waals surface area contributed by atoms with Crippen molar-refractivity contribution in [3.05, 3.63) is 52.5 Å². The third-order valence-corrected chi connectivity index (χ3v) is 5.45. The van der Waals surface area contributed by atoms with Crippen molar-refractivity contribution in [3.63, 3.8) is 0 Å². The molecule has 0 atom stereocenters. The Morgan fingerprint density at radius 3 is 2.62 bits per heavy atom. The highest BCUT2D eigenvalue weighted by atomic mass is 35.5. The van der Waals surface area contributed by atoms with Gasteiger partial charge in [-0.05, 0) is 36.4 Å². The fraction of sp³-hybridized carbons (Fsp3) is 0.133. The molecule has 1 heterocycles. The number of ether oxygens (including phenoxy) is 1. The number of cyclic esters (lactones) is 1. The number of carbonyl (C=O) groups excluding carboxylic acids is 1. The summed E-state index contributed by atoms with van der Waals surface area (Å²) >= 11 is 11.8. The molecule has 24 heavy (non-hydrogen) atoms. The highest BCUT2D eigenvalue weighted by Gasteiger charge is 2.24. The fourth-order valence-electron chi connectivity index (χ4n) is 2.26. The van der Waals surface area contributed by atoms with E-state index in [-0.39, 0.29) is 14.9 Å². The lowest BCUT2D eigenvalue weighted by Gasteiger charge is -2.15. The second-order valence-corrected chi connectivity index (χ2v) is 7.49. The Hall–Kier alpha value is -1.96. The second-order valence-electron chi connectivity index (χ2n) is 5.00. The van der Waals surface area contributed by atoms with E-state index in [4.69, 9.17) is 27.9 Å². The van der Waals surface area contributed by atoms with E-state index in [0.29, 0.717) is 24.5 Å². The smallest absolute Gasteiger partial charge is 0.414 e. The monoisotopic (exact) mass is 386 g/mol. The lowest BCUT2D eigenvalue weighted by Crippen LogP contribution is -2.23. The standard InChI is InChI=1S/C15H12Cl2N2O4S/c16-10-4-5-13(17)14(8-10)24(21,22)18-11-2-1-3-12(9-11)19-6-7-23-15(19)20/h1-5,8-9,18H,6-7H2. The van der Waals surface area contributed by atoms with Gasteiger partial charge in [0, 0.05) is 10.7 Å². The summed E-state index contributed by atoms with van der Waals surface area (Å²) in [6, 6.07) is 10.6. The van der Waals surface area contributed by atoms with Crippen LogP contribution >= 0.6 is 23.2 Å². The second kappa shape index (κ2) is 6.51. The predicted molar refractivity (Wildman–Crippen MR) is 92.4 cm³/mol. The summed E-state index contributed by atoms with van der Waals surface area (Å²) in [6.07, 6.45) is -0.465. The fourth-order valence-corrected chi connectivity index (χ4v) is 4.07. The molecule has 1 fully saturated rings. The average molecular weight is 387 g/mol. The van der Waals surface area contributed by atoms with Gasteiger partial charge in [-0.2, -0.15) is 0 Å². The van der Waals surface area contributed by atoms with Crippen molar-refractivity contribution in [2.45, 2.75) is 4.90 Å². The molecule has 1 aliphatic heterocycles. The molecule has 2 aromatic carbocycles. The van der Waals surface area contributed by atoms with Gasteiger partial charge in [-0.15, -0.1) is 0 Å². The minimum Gasteiger partial charge on any atom is -0.447 e. The van der Waals surface area contributed by atoms with Crippen LogP contribution < -0.4 is 9.62 Å². The molecule has 3 rings (SSSR count). The van der Waals surface area contributed by atoms with Gasteiger partial charge in [0.1, 0.15) is 11.5 Å². The molecule has 1 saturated heterocycles. The number of carbonyl (C=O) groups is 1. The summed E-state index contributed by atoms with van der Waals surface area (Å²) in [5.74, 6) is 0. The maximum atomic E-state index is 12.5. The normalized spacial score (nSPS) is 14.6. The first-order chi connectivity index (χ1) is 11.4. The van der Waals surface area contributed by atoms with E-state index in [2.05, 4.69) is 4.72 Å². The maximum Gasteiger partial charge on any atom is 0.414 e. The summed E-state index contributed by atoms with van der Waals surface area (Å²) in [4.78, 5) is 12.9. The summed E-state index contributed by atoms with van der Waals surface area (Å²) in [5.41, 5.74) is 0.832. The molecule has 0 bridgehead atoms. The third kappa shape index (κ3) is 3.43. The zero-order valence-electron chi connectivity index (χ0n) is 12.2. The van der Waals surface area contributed by atoms with Crippen molar-refractivity contribution in [1.29, 1.82) is 0 Å². The molecule has 0 aromatic heterocycles. The number of sulfonamides is 1. The van der Waals surface area contributed by atoms with Crippen molar-refractivity contribution in [2.75, 3.05) is 22.8 Å². The van der Waals surface area contributed by atoms with Crippen molar-refractivity contribution >= 4 is 50.7 Å². The first kappa shape index (κ1) is 16.9. The first-order valence-corrected chi connectivity index (χ1v) is 9.13. The Morgan fingerprint density at radius 2 is 1.92 bits per heavy atom. The van der Waals surface area contributed by atoms with E-state index in [1.54, 1.807) is 24.3 Å². The van der Waals surface area contributed by atoms with Crippen LogP contribution in [0.25, 0.3) is 0 Å². The van der Waals surface area contributed by atoms with Gasteiger partial charge in [-0.1, -0.05) is 29.3 Å². The zero-order valence-corrected chi connectivity index (χ0v) is 14.5. The third-order valence-electron chi connectivity index (χ3n) is 3.35. The van der Waals surface area contributed by atoms with Crippen LogP contribution in [-0.4, -0.2) is 27.7 Å². The summed E-state index contributed by atoms with van der Waals surface area (Å²) in [7, 11) is -3.92. The molecule has 1 amide bonds. The Bertz CT molecular complexity index is 902. The molecule has 9 heteroatoms. The number of anilines is 2. The quantitative estimate of drug-likeness (QED) is 0.867. The van der Waals surface area contributed by atoms with Gasteiger partial charge in [0.2, 0.25) is 0 Å². The number of nitrogens with zero attached hydrogens (tertiary/aromatic N) is 1. The molecule has 0 spiro atoms. The minimum atomic E-state index is -3.92. The first-order valence-electron chi connectivity index (χ1n) is 6.89. The lowest BCUT2D eigenvalue weighted by atomic mass is 10.2. The summed E-state index contributed by atoms with van der Waals surface area (Å²) in [5, 5.41) is 0.319. The molecule has 0 saturated carbocycles. The number of hydrogen-bond acceptors (Lipinski definition) is 4. The zero-order chi connectivity index (χ0) is 17.3. The predicted octanol–water partition coefficient (Wildman–Crippen LogP) is 3.75. The van der Waals surface area contributed by atoms with Crippen LogP contribution in [0.4, 0.5) is 16.2 Å². The Morgan fingerprint density at radius 1 is 1.12 bits per heavy atom. The van der Waals surface area contributed by atoms with E-state index in [0.717, 1.165) is 0 Å². The molecule has 2 aromatic rings. The van der Waals surface area contributed by atoms with Gasteiger partial charge in [-0.25, -0.2) is 13.2 Å². The largest absolute Gasteiger partial charge is 0.447 e. The topological polar surface area (TPSA) is 75.7 Å². The van der Waals surface area contributed by atoms with Gasteiger partial charge < -0.3 is 4.74 Å². The SMILES string of the molecule is O=C1OCCN1c1cccc(NS(=O)(=O)c2cc(Cl)ccc2Cl)c1. The molecular formula is C15H12Cl2N2O4S. The number of nitrogens with one attached hydrogen (secondary N) is 1. The van der Waals surface area contributed by atoms with E-state index in [1.165, 1.54) is 23.1 Å². The van der Waals surface area contributed by atoms with Crippen LogP contribution in [0.3, 0.4) is 0 Å². The minimum absolute atomic E-state index is 0.0613. The van der Waals surface area contributed by atoms with Gasteiger partial charge >= 0.3 is 6.09 Å². The molecule has 126 valence electrons. The van der Waals surface area contributed by atoms with Crippen LogP contribution in [0.15, 0.2) is 47.4 Å². The number of benzene rings is 2. The van der Waals surface area contributed by atoms with Gasteiger partial charge in [0.15, 0.2) is 0 Å². The van der Waals surface area contributed by atoms with Crippen molar-refractivity contribution in [1.82, 2.24) is 0 Å². The van der Waals surface area contributed by atoms with Crippen LogP contribution in [0.5, 0.6) is 0 Å². The van der Waals surface area contributed by atoms with Crippen molar-refractivity contribution in [3.8, 4) is 0 Å². The van der Waals surface area contributed by atoms with Gasteiger partial charge in [0.25, 0.3) is 10.0 Å². The van der Waals surface area contributed by atoms with E-state index in [1.807, 2.05) is 0 Å². The number of hydrogen-bond donors (Lipinski definition) is 1. The molecule has 6 nitrogen and oxygen atoms in total. The van der Waals surface area contributed by atoms with E-state index < -0.39 is 16.1 Å². The summed E-state index contributed by atoms with van der Waals surface area (Å²) < 4.78 is 32.3.